The zero-order valence-corrected chi connectivity index (χ0v) is 7.64. The van der Waals surface area contributed by atoms with E-state index in [4.69, 9.17) is 23.2 Å². The molecule has 0 atom stereocenters. The van der Waals surface area contributed by atoms with Crippen LogP contribution in [0.25, 0.3) is 0 Å². The zero-order chi connectivity index (χ0) is 7.49. The molecule has 0 aliphatic carbocycles. The first kappa shape index (κ1) is 9.50. The van der Waals surface area contributed by atoms with E-state index in [9.17, 15) is 6.65 Å². The van der Waals surface area contributed by atoms with Crippen molar-refractivity contribution in [3.63, 3.8) is 0 Å². The average molecular weight is 204 g/mol. The van der Waals surface area contributed by atoms with E-state index in [1.807, 2.05) is 0 Å². The van der Waals surface area contributed by atoms with Crippen LogP contribution < -0.4 is 0 Å². The van der Waals surface area contributed by atoms with Crippen LogP contribution in [0.4, 0.5) is 0 Å². The normalized spacial score (nSPS) is 9.11. The van der Waals surface area contributed by atoms with Crippen LogP contribution in [-0.4, -0.2) is 10.2 Å². The van der Waals surface area contributed by atoms with E-state index in [0.29, 0.717) is 0 Å². The van der Waals surface area contributed by atoms with Crippen molar-refractivity contribution < 1.29 is 22.7 Å². The van der Waals surface area contributed by atoms with Gasteiger partial charge in [-0.25, -0.2) is 0 Å². The van der Waals surface area contributed by atoms with Crippen LogP contribution in [0, 0.1) is 0 Å². The molecule has 0 radical (unpaired) electrons. The maximum atomic E-state index is 10.7. The van der Waals surface area contributed by atoms with Gasteiger partial charge in [-0.3, -0.25) is 0 Å². The standard InChI is InChI=1S/C2H3Cl.C2H2Cl.2O.Ti/c2*1-2-3;;;/h1H,2H2;1H2;;;. The zero-order valence-electron chi connectivity index (χ0n) is 4.56. The summed E-state index contributed by atoms with van der Waals surface area (Å²) in [7, 11) is 0. The second kappa shape index (κ2) is 3.62. The predicted octanol–water partition coefficient (Wildman–Crippen LogP) is 1.58. The Kier molecular flexibility index (Phi) is 3.82. The maximum absolute atomic E-state index is 10.7. The van der Waals surface area contributed by atoms with Gasteiger partial charge in [-0.05, 0) is 0 Å². The van der Waals surface area contributed by atoms with E-state index in [0.717, 1.165) is 4.31 Å². The molecule has 0 bridgehead atoms. The Labute approximate surface area is 66.0 Å². The Bertz CT molecular complexity index is 261. The average Bonchev–Trinajstić information content (AvgIpc) is 1.65. The molecule has 0 saturated heterocycles. The number of hydrogen-bond donors (Lipinski definition) is 0. The summed E-state index contributed by atoms with van der Waals surface area (Å²) in [6.07, 6.45) is 0. The molecule has 0 spiro atoms. The first-order valence-electron chi connectivity index (χ1n) is 2.16. The van der Waals surface area contributed by atoms with Crippen molar-refractivity contribution in [2.24, 2.45) is 0 Å². The second-order valence-electron chi connectivity index (χ2n) is 1.43. The van der Waals surface area contributed by atoms with E-state index in [1.54, 1.807) is 0 Å². The van der Waals surface area contributed by atoms with Crippen molar-refractivity contribution in [3.05, 3.63) is 9.92 Å². The van der Waals surface area contributed by atoms with Gasteiger partial charge < -0.3 is 0 Å². The first-order chi connectivity index (χ1) is 4.00. The van der Waals surface area contributed by atoms with Crippen molar-refractivity contribution in [2.75, 3.05) is 5.88 Å². The molecule has 5 heteroatoms. The molecule has 9 heavy (non-hydrogen) atoms. The van der Waals surface area contributed by atoms with Gasteiger partial charge in [-0.2, -0.15) is 0 Å². The number of alkyl halides is 1. The fourth-order valence-electron chi connectivity index (χ4n) is 0.212. The Morgan fingerprint density at radius 1 is 1.67 bits per heavy atom. The van der Waals surface area contributed by atoms with Crippen LogP contribution in [0.3, 0.4) is 0 Å². The SMILES string of the molecule is C=[C](Cl)[Ti](=[O])(=[O])=[CH]CCl. The van der Waals surface area contributed by atoms with E-state index >= 15 is 0 Å². The van der Waals surface area contributed by atoms with E-state index < -0.39 is 16.1 Å². The van der Waals surface area contributed by atoms with Gasteiger partial charge in [0.05, 0.1) is 0 Å². The molecule has 0 rings (SSSR count). The Balaban J connectivity index is 4.85. The number of hydrogen-bond acceptors (Lipinski definition) is 2. The molecule has 0 aliphatic heterocycles. The summed E-state index contributed by atoms with van der Waals surface area (Å²) in [5.41, 5.74) is 0. The van der Waals surface area contributed by atoms with Gasteiger partial charge in [0, 0.05) is 0 Å². The summed E-state index contributed by atoms with van der Waals surface area (Å²) in [5, 5.41) is 0. The predicted molar refractivity (Wildman–Crippen MR) is 33.1 cm³/mol. The van der Waals surface area contributed by atoms with Crippen LogP contribution in [0.15, 0.2) is 9.92 Å². The molecule has 2 nitrogen and oxygen atoms in total. The molecule has 0 amide bonds. The molecule has 0 N–H and O–H groups in total. The third kappa shape index (κ3) is 3.26. The van der Waals surface area contributed by atoms with Gasteiger partial charge in [-0.1, -0.05) is 0 Å². The van der Waals surface area contributed by atoms with E-state index in [2.05, 4.69) is 6.58 Å². The van der Waals surface area contributed by atoms with Gasteiger partial charge in [-0.15, -0.1) is 0 Å². The van der Waals surface area contributed by atoms with Crippen molar-refractivity contribution in [1.29, 1.82) is 0 Å². The molecular weight excluding hydrogens is 199 g/mol. The molecule has 0 unspecified atom stereocenters. The number of rotatable bonds is 2. The van der Waals surface area contributed by atoms with Gasteiger partial charge >= 0.3 is 66.0 Å². The van der Waals surface area contributed by atoms with Gasteiger partial charge in [0.2, 0.25) is 0 Å². The van der Waals surface area contributed by atoms with Crippen molar-refractivity contribution >= 4 is 27.5 Å². The summed E-state index contributed by atoms with van der Waals surface area (Å²) in [6.45, 7) is 3.08. The minimum atomic E-state index is -4.43. The number of halogens is 2. The molecule has 0 aromatic rings. The van der Waals surface area contributed by atoms with Gasteiger partial charge in [0.15, 0.2) is 0 Å². The molecular formula is C4H5Cl2O2Ti. The van der Waals surface area contributed by atoms with Crippen LogP contribution in [0.1, 0.15) is 0 Å². The minimum absolute atomic E-state index is 0.0290. The Hall–Kier alpha value is 0.504. The fourth-order valence-corrected chi connectivity index (χ4v) is 2.03. The van der Waals surface area contributed by atoms with Crippen LogP contribution in [-0.2, 0) is 22.7 Å². The summed E-state index contributed by atoms with van der Waals surface area (Å²) in [5.74, 6) is -0.0290. The Morgan fingerprint density at radius 3 is 2.22 bits per heavy atom. The summed E-state index contributed by atoms with van der Waals surface area (Å²) in [4.78, 5) is 0. The van der Waals surface area contributed by atoms with Crippen LogP contribution in [0.5, 0.6) is 0 Å². The molecule has 0 aromatic carbocycles. The van der Waals surface area contributed by atoms with Crippen molar-refractivity contribution in [2.45, 2.75) is 0 Å². The van der Waals surface area contributed by atoms with E-state index in [1.165, 1.54) is 0 Å². The first-order valence-corrected chi connectivity index (χ1v) is 6.03. The van der Waals surface area contributed by atoms with Crippen molar-refractivity contribution in [3.8, 4) is 0 Å². The van der Waals surface area contributed by atoms with Crippen molar-refractivity contribution in [1.82, 2.24) is 0 Å². The fraction of sp³-hybridized carbons (Fsp3) is 0.250. The molecule has 0 aromatic heterocycles. The monoisotopic (exact) mass is 203 g/mol. The third-order valence-electron chi connectivity index (χ3n) is 0.724. The summed E-state index contributed by atoms with van der Waals surface area (Å²) in [6, 6.07) is 0. The van der Waals surface area contributed by atoms with Crippen LogP contribution >= 0.6 is 23.2 Å². The Morgan fingerprint density at radius 2 is 2.11 bits per heavy atom. The molecule has 51 valence electrons. The molecule has 0 heterocycles. The quantitative estimate of drug-likeness (QED) is 0.505. The summed E-state index contributed by atoms with van der Waals surface area (Å²) >= 11 is 5.81. The molecule has 0 saturated carbocycles. The van der Waals surface area contributed by atoms with E-state index in [-0.39, 0.29) is 9.22 Å². The summed E-state index contributed by atoms with van der Waals surface area (Å²) < 4.78 is 22.0. The topological polar surface area (TPSA) is 34.1 Å². The van der Waals surface area contributed by atoms with Gasteiger partial charge in [0.25, 0.3) is 0 Å². The van der Waals surface area contributed by atoms with Gasteiger partial charge in [0.1, 0.15) is 0 Å². The second-order valence-corrected chi connectivity index (χ2v) is 6.36. The molecule has 0 aliphatic rings. The molecule has 0 fully saturated rings. The third-order valence-corrected chi connectivity index (χ3v) is 4.71. The van der Waals surface area contributed by atoms with Crippen LogP contribution in [0.2, 0.25) is 0 Å².